The molecule has 1 N–H and O–H groups in total. The molecule has 168 valence electrons. The summed E-state index contributed by atoms with van der Waals surface area (Å²) >= 11 is 0. The fourth-order valence-electron chi connectivity index (χ4n) is 5.10. The largest absolute Gasteiger partial charge is 0.486 e. The van der Waals surface area contributed by atoms with Crippen LogP contribution in [0.2, 0.25) is 0 Å². The van der Waals surface area contributed by atoms with Crippen molar-refractivity contribution in [2.75, 3.05) is 19.8 Å². The van der Waals surface area contributed by atoms with Crippen LogP contribution in [-0.2, 0) is 16.6 Å². The number of rotatable bonds is 6. The van der Waals surface area contributed by atoms with E-state index in [2.05, 4.69) is 32.5 Å². The van der Waals surface area contributed by atoms with Crippen molar-refractivity contribution in [3.63, 3.8) is 0 Å². The Morgan fingerprint density at radius 2 is 1.94 bits per heavy atom. The first-order chi connectivity index (χ1) is 15.6. The highest BCUT2D eigenvalue weighted by molar-refractivity contribution is 5.76. The summed E-state index contributed by atoms with van der Waals surface area (Å²) in [5.74, 6) is 2.27. The topological polar surface area (TPSA) is 90.6 Å². The Labute approximate surface area is 187 Å². The monoisotopic (exact) mass is 435 g/mol. The number of carbonyl (C=O) groups is 1. The third kappa shape index (κ3) is 3.78. The van der Waals surface area contributed by atoms with Crippen LogP contribution in [0.25, 0.3) is 5.78 Å². The molecule has 1 fully saturated rings. The van der Waals surface area contributed by atoms with Crippen molar-refractivity contribution < 1.29 is 14.3 Å². The van der Waals surface area contributed by atoms with Gasteiger partial charge in [0.1, 0.15) is 19.5 Å². The molecule has 0 bridgehead atoms. The van der Waals surface area contributed by atoms with Gasteiger partial charge in [0.2, 0.25) is 5.91 Å². The maximum atomic E-state index is 12.8. The summed E-state index contributed by atoms with van der Waals surface area (Å²) in [4.78, 5) is 21.5. The summed E-state index contributed by atoms with van der Waals surface area (Å²) < 4.78 is 13.2. The van der Waals surface area contributed by atoms with E-state index in [0.717, 1.165) is 41.3 Å². The molecule has 0 unspecified atom stereocenters. The lowest BCUT2D eigenvalue weighted by molar-refractivity contribution is -0.121. The Bertz CT molecular complexity index is 1150. The molecule has 0 atom stereocenters. The first kappa shape index (κ1) is 20.7. The molecule has 0 spiro atoms. The number of amides is 1. The highest BCUT2D eigenvalue weighted by Gasteiger charge is 2.36. The van der Waals surface area contributed by atoms with Crippen LogP contribution in [0.3, 0.4) is 0 Å². The molecular formula is C24H29N5O3. The Kier molecular flexibility index (Phi) is 5.45. The van der Waals surface area contributed by atoms with Gasteiger partial charge >= 0.3 is 0 Å². The van der Waals surface area contributed by atoms with Crippen LogP contribution in [0, 0.1) is 13.8 Å². The zero-order valence-electron chi connectivity index (χ0n) is 18.7. The zero-order valence-corrected chi connectivity index (χ0v) is 18.7. The lowest BCUT2D eigenvalue weighted by Gasteiger charge is -2.31. The number of hydrogen-bond acceptors (Lipinski definition) is 6. The highest BCUT2D eigenvalue weighted by atomic mass is 16.6. The van der Waals surface area contributed by atoms with Gasteiger partial charge in [-0.05, 0) is 56.4 Å². The normalized spacial score (nSPS) is 16.9. The lowest BCUT2D eigenvalue weighted by Crippen LogP contribution is -2.39. The smallest absolute Gasteiger partial charge is 0.252 e. The van der Waals surface area contributed by atoms with Gasteiger partial charge in [0.25, 0.3) is 5.78 Å². The van der Waals surface area contributed by atoms with Crippen LogP contribution in [-0.4, -0.2) is 45.2 Å². The number of carbonyl (C=O) groups excluding carboxylic acids is 1. The zero-order chi connectivity index (χ0) is 22.1. The van der Waals surface area contributed by atoms with Crippen molar-refractivity contribution in [1.29, 1.82) is 0 Å². The van der Waals surface area contributed by atoms with E-state index in [1.807, 2.05) is 19.9 Å². The minimum absolute atomic E-state index is 0.0431. The van der Waals surface area contributed by atoms with Crippen LogP contribution < -0.4 is 14.8 Å². The van der Waals surface area contributed by atoms with Crippen LogP contribution in [0.5, 0.6) is 11.5 Å². The van der Waals surface area contributed by atoms with Crippen LogP contribution >= 0.6 is 0 Å². The molecule has 1 aliphatic heterocycles. The second-order valence-electron chi connectivity index (χ2n) is 8.86. The summed E-state index contributed by atoms with van der Waals surface area (Å²) in [5, 5.41) is 7.45. The highest BCUT2D eigenvalue weighted by Crippen LogP contribution is 2.43. The van der Waals surface area contributed by atoms with Gasteiger partial charge in [-0.2, -0.15) is 10.1 Å². The quantitative estimate of drug-likeness (QED) is 0.640. The van der Waals surface area contributed by atoms with Gasteiger partial charge in [0.15, 0.2) is 11.5 Å². The summed E-state index contributed by atoms with van der Waals surface area (Å²) in [6.07, 6.45) is 7.03. The average Bonchev–Trinajstić information content (AvgIpc) is 3.47. The number of nitrogens with zero attached hydrogens (tertiary/aromatic N) is 4. The van der Waals surface area contributed by atoms with Crippen LogP contribution in [0.4, 0.5) is 0 Å². The Hall–Kier alpha value is -3.16. The molecule has 8 heteroatoms. The van der Waals surface area contributed by atoms with Crippen molar-refractivity contribution in [2.45, 2.75) is 57.8 Å². The number of benzene rings is 1. The van der Waals surface area contributed by atoms with E-state index in [0.29, 0.717) is 38.4 Å². The third-order valence-corrected chi connectivity index (χ3v) is 6.93. The molecule has 1 aromatic carbocycles. The maximum Gasteiger partial charge on any atom is 0.252 e. The first-order valence-corrected chi connectivity index (χ1v) is 11.4. The van der Waals surface area contributed by atoms with Crippen molar-refractivity contribution in [1.82, 2.24) is 24.9 Å². The van der Waals surface area contributed by atoms with Gasteiger partial charge in [-0.25, -0.2) is 9.50 Å². The molecule has 1 aliphatic carbocycles. The number of aromatic nitrogens is 4. The number of nitrogens with one attached hydrogen (secondary N) is 1. The van der Waals surface area contributed by atoms with E-state index in [4.69, 9.17) is 9.47 Å². The van der Waals surface area contributed by atoms with Gasteiger partial charge in [-0.3, -0.25) is 4.79 Å². The van der Waals surface area contributed by atoms with Gasteiger partial charge < -0.3 is 14.8 Å². The van der Waals surface area contributed by atoms with E-state index in [-0.39, 0.29) is 11.3 Å². The maximum absolute atomic E-state index is 12.8. The van der Waals surface area contributed by atoms with Crippen molar-refractivity contribution >= 4 is 11.7 Å². The molecule has 5 rings (SSSR count). The molecule has 8 nitrogen and oxygen atoms in total. The van der Waals surface area contributed by atoms with E-state index >= 15 is 0 Å². The van der Waals surface area contributed by atoms with E-state index in [1.165, 1.54) is 24.7 Å². The van der Waals surface area contributed by atoms with E-state index in [1.54, 1.807) is 4.52 Å². The molecule has 2 aliphatic rings. The van der Waals surface area contributed by atoms with Crippen LogP contribution in [0.15, 0.2) is 24.5 Å². The van der Waals surface area contributed by atoms with Gasteiger partial charge in [0, 0.05) is 29.8 Å². The molecule has 3 heterocycles. The molecule has 0 radical (unpaired) electrons. The van der Waals surface area contributed by atoms with Gasteiger partial charge in [-0.15, -0.1) is 0 Å². The third-order valence-electron chi connectivity index (χ3n) is 6.93. The Morgan fingerprint density at radius 3 is 2.75 bits per heavy atom. The number of aryl methyl sites for hydroxylation is 2. The van der Waals surface area contributed by atoms with Crippen molar-refractivity contribution in [2.24, 2.45) is 0 Å². The van der Waals surface area contributed by atoms with Gasteiger partial charge in [0.05, 0.1) is 0 Å². The van der Waals surface area contributed by atoms with Crippen LogP contribution in [0.1, 0.15) is 54.6 Å². The molecule has 1 saturated carbocycles. The fraction of sp³-hybridized carbons (Fsp3) is 0.500. The SMILES string of the molecule is Cc1nc2ncnn2c(C)c1CCC(=O)NCC1(c2ccc3c(c2)OCCO3)CCCC1. The molecule has 32 heavy (non-hydrogen) atoms. The second-order valence-corrected chi connectivity index (χ2v) is 8.86. The Balaban J connectivity index is 1.26. The average molecular weight is 436 g/mol. The molecular weight excluding hydrogens is 406 g/mol. The lowest BCUT2D eigenvalue weighted by atomic mass is 9.78. The standard InChI is InChI=1S/C24H29N5O3/c1-16-19(17(2)29-23(28-16)26-15-27-29)6-8-22(30)25-14-24(9-3-4-10-24)18-5-7-20-21(13-18)32-12-11-31-20/h5,7,13,15H,3-4,6,8-12,14H2,1-2H3,(H,25,30). The van der Waals surface area contributed by atoms with Crippen molar-refractivity contribution in [3.8, 4) is 11.5 Å². The number of fused-ring (bicyclic) bond motifs is 2. The summed E-state index contributed by atoms with van der Waals surface area (Å²) in [5.41, 5.74) is 4.13. The molecule has 0 saturated heterocycles. The number of ether oxygens (including phenoxy) is 2. The van der Waals surface area contributed by atoms with E-state index in [9.17, 15) is 4.79 Å². The molecule has 3 aromatic rings. The Morgan fingerprint density at radius 1 is 1.16 bits per heavy atom. The number of hydrogen-bond donors (Lipinski definition) is 1. The first-order valence-electron chi connectivity index (χ1n) is 11.4. The molecule has 2 aromatic heterocycles. The predicted molar refractivity (Wildman–Crippen MR) is 119 cm³/mol. The van der Waals surface area contributed by atoms with Crippen molar-refractivity contribution in [3.05, 3.63) is 47.0 Å². The molecule has 1 amide bonds. The minimum atomic E-state index is -0.0431. The summed E-state index contributed by atoms with van der Waals surface area (Å²) in [6, 6.07) is 6.25. The second kappa shape index (κ2) is 8.41. The minimum Gasteiger partial charge on any atom is -0.486 e. The summed E-state index contributed by atoms with van der Waals surface area (Å²) in [7, 11) is 0. The fourth-order valence-corrected chi connectivity index (χ4v) is 5.10. The van der Waals surface area contributed by atoms with Gasteiger partial charge in [-0.1, -0.05) is 18.9 Å². The van der Waals surface area contributed by atoms with E-state index < -0.39 is 0 Å². The predicted octanol–water partition coefficient (Wildman–Crippen LogP) is 3.07. The summed E-state index contributed by atoms with van der Waals surface area (Å²) in [6.45, 7) is 5.77.